The van der Waals surface area contributed by atoms with Crippen molar-refractivity contribution < 1.29 is 5.11 Å². The third-order valence-electron chi connectivity index (χ3n) is 1.99. The van der Waals surface area contributed by atoms with Gasteiger partial charge in [0.2, 0.25) is 0 Å². The molecule has 54 valence electrons. The fraction of sp³-hybridized carbons (Fsp3) is 0.571. The Balaban J connectivity index is 2.30. The summed E-state index contributed by atoms with van der Waals surface area (Å²) >= 11 is 0. The highest BCUT2D eigenvalue weighted by molar-refractivity contribution is 5.19. The van der Waals surface area contributed by atoms with Gasteiger partial charge in [-0.2, -0.15) is 5.10 Å². The van der Waals surface area contributed by atoms with Crippen molar-refractivity contribution in [3.05, 3.63) is 17.5 Å². The van der Waals surface area contributed by atoms with Crippen LogP contribution in [0, 0.1) is 0 Å². The Labute approximate surface area is 59.1 Å². The first-order valence-electron chi connectivity index (χ1n) is 3.55. The number of H-pyrrole nitrogens is 1. The maximum absolute atomic E-state index is 9.23. The molecule has 1 aromatic heterocycles. The molecular weight excluding hydrogens is 128 g/mol. The van der Waals surface area contributed by atoms with Gasteiger partial charge in [-0.3, -0.25) is 5.10 Å². The first-order chi connectivity index (χ1) is 4.86. The van der Waals surface area contributed by atoms with E-state index in [1.54, 1.807) is 0 Å². The molecule has 3 nitrogen and oxygen atoms in total. The number of hydrogen-bond donors (Lipinski definition) is 2. The maximum Gasteiger partial charge on any atom is 0.0598 e. The van der Waals surface area contributed by atoms with Crippen LogP contribution in [0.15, 0.2) is 6.20 Å². The third-order valence-corrected chi connectivity index (χ3v) is 1.99. The van der Waals surface area contributed by atoms with E-state index in [0.29, 0.717) is 0 Å². The van der Waals surface area contributed by atoms with E-state index in [0.717, 1.165) is 25.0 Å². The number of aromatic amines is 1. The summed E-state index contributed by atoms with van der Waals surface area (Å²) in [5, 5.41) is 16.0. The molecule has 2 rings (SSSR count). The smallest absolute Gasteiger partial charge is 0.0598 e. The molecule has 1 heterocycles. The van der Waals surface area contributed by atoms with Crippen molar-refractivity contribution in [2.75, 3.05) is 0 Å². The SMILES string of the molecule is O[C@@H]1CCc2cn[nH]c2C1. The molecule has 0 unspecified atom stereocenters. The van der Waals surface area contributed by atoms with E-state index in [9.17, 15) is 5.11 Å². The van der Waals surface area contributed by atoms with Crippen molar-refractivity contribution in [1.82, 2.24) is 10.2 Å². The predicted octanol–water partition coefficient (Wildman–Crippen LogP) is 0.259. The van der Waals surface area contributed by atoms with Crippen LogP contribution in [-0.2, 0) is 12.8 Å². The van der Waals surface area contributed by atoms with Gasteiger partial charge < -0.3 is 5.11 Å². The summed E-state index contributed by atoms with van der Waals surface area (Å²) in [6, 6.07) is 0. The highest BCUT2D eigenvalue weighted by atomic mass is 16.3. The van der Waals surface area contributed by atoms with Gasteiger partial charge in [-0.05, 0) is 18.4 Å². The molecule has 1 aliphatic rings. The summed E-state index contributed by atoms with van der Waals surface area (Å²) < 4.78 is 0. The van der Waals surface area contributed by atoms with Gasteiger partial charge in [0.1, 0.15) is 0 Å². The number of rotatable bonds is 0. The molecule has 0 spiro atoms. The number of nitrogens with zero attached hydrogens (tertiary/aromatic N) is 1. The van der Waals surface area contributed by atoms with E-state index >= 15 is 0 Å². The number of nitrogens with one attached hydrogen (secondary N) is 1. The van der Waals surface area contributed by atoms with Crippen molar-refractivity contribution in [3.63, 3.8) is 0 Å². The van der Waals surface area contributed by atoms with Gasteiger partial charge in [0.25, 0.3) is 0 Å². The lowest BCUT2D eigenvalue weighted by atomic mass is 9.96. The summed E-state index contributed by atoms with van der Waals surface area (Å²) in [5.41, 5.74) is 2.38. The summed E-state index contributed by atoms with van der Waals surface area (Å²) in [7, 11) is 0. The molecule has 1 aliphatic carbocycles. The molecule has 0 saturated heterocycles. The molecule has 0 amide bonds. The van der Waals surface area contributed by atoms with Crippen LogP contribution < -0.4 is 0 Å². The van der Waals surface area contributed by atoms with Crippen LogP contribution in [0.3, 0.4) is 0 Å². The Hall–Kier alpha value is -0.830. The second-order valence-corrected chi connectivity index (χ2v) is 2.77. The zero-order chi connectivity index (χ0) is 6.97. The first kappa shape index (κ1) is 5.92. The number of aliphatic hydroxyl groups excluding tert-OH is 1. The Kier molecular flexibility index (Phi) is 1.24. The Bertz CT molecular complexity index is 231. The van der Waals surface area contributed by atoms with Gasteiger partial charge in [-0.25, -0.2) is 0 Å². The molecule has 1 atom stereocenters. The summed E-state index contributed by atoms with van der Waals surface area (Å²) in [6.45, 7) is 0. The van der Waals surface area contributed by atoms with Crippen molar-refractivity contribution in [2.45, 2.75) is 25.4 Å². The van der Waals surface area contributed by atoms with Crippen LogP contribution in [0.2, 0.25) is 0 Å². The Morgan fingerprint density at radius 3 is 3.50 bits per heavy atom. The normalized spacial score (nSPS) is 24.3. The minimum absolute atomic E-state index is 0.159. The standard InChI is InChI=1S/C7H10N2O/c10-6-2-1-5-4-8-9-7(5)3-6/h4,6,10H,1-3H2,(H,8,9)/t6-/m1/s1. The molecule has 0 radical (unpaired) electrons. The van der Waals surface area contributed by atoms with Gasteiger partial charge in [-0.1, -0.05) is 0 Å². The Morgan fingerprint density at radius 1 is 1.70 bits per heavy atom. The van der Waals surface area contributed by atoms with Crippen molar-refractivity contribution in [2.24, 2.45) is 0 Å². The highest BCUT2D eigenvalue weighted by Crippen LogP contribution is 2.17. The van der Waals surface area contributed by atoms with Crippen molar-refractivity contribution in [1.29, 1.82) is 0 Å². The fourth-order valence-electron chi connectivity index (χ4n) is 1.39. The quantitative estimate of drug-likeness (QED) is 0.540. The lowest BCUT2D eigenvalue weighted by molar-refractivity contribution is 0.157. The minimum Gasteiger partial charge on any atom is -0.393 e. The largest absolute Gasteiger partial charge is 0.393 e. The van der Waals surface area contributed by atoms with E-state index in [1.807, 2.05) is 6.20 Å². The van der Waals surface area contributed by atoms with E-state index in [1.165, 1.54) is 5.56 Å². The summed E-state index contributed by atoms with van der Waals surface area (Å²) in [5.74, 6) is 0. The second-order valence-electron chi connectivity index (χ2n) is 2.77. The zero-order valence-electron chi connectivity index (χ0n) is 5.67. The summed E-state index contributed by atoms with van der Waals surface area (Å²) in [6.07, 6.45) is 4.28. The van der Waals surface area contributed by atoms with Crippen LogP contribution in [0.25, 0.3) is 0 Å². The van der Waals surface area contributed by atoms with Crippen LogP contribution >= 0.6 is 0 Å². The molecule has 1 aromatic rings. The molecule has 0 saturated carbocycles. The third kappa shape index (κ3) is 0.827. The molecule has 0 aromatic carbocycles. The van der Waals surface area contributed by atoms with Gasteiger partial charge in [0.15, 0.2) is 0 Å². The van der Waals surface area contributed by atoms with Crippen LogP contribution in [0.1, 0.15) is 17.7 Å². The van der Waals surface area contributed by atoms with Gasteiger partial charge >= 0.3 is 0 Å². The zero-order valence-corrected chi connectivity index (χ0v) is 5.67. The monoisotopic (exact) mass is 138 g/mol. The van der Waals surface area contributed by atoms with Gasteiger partial charge in [0.05, 0.1) is 12.3 Å². The molecule has 0 bridgehead atoms. The fourth-order valence-corrected chi connectivity index (χ4v) is 1.39. The van der Waals surface area contributed by atoms with E-state index in [2.05, 4.69) is 10.2 Å². The number of aromatic nitrogens is 2. The number of aliphatic hydroxyl groups is 1. The topological polar surface area (TPSA) is 48.9 Å². The molecule has 10 heavy (non-hydrogen) atoms. The lowest BCUT2D eigenvalue weighted by Crippen LogP contribution is -2.17. The molecule has 3 heteroatoms. The number of fused-ring (bicyclic) bond motifs is 1. The molecule has 0 fully saturated rings. The summed E-state index contributed by atoms with van der Waals surface area (Å²) in [4.78, 5) is 0. The highest BCUT2D eigenvalue weighted by Gasteiger charge is 2.16. The first-order valence-corrected chi connectivity index (χ1v) is 3.55. The van der Waals surface area contributed by atoms with Gasteiger partial charge in [-0.15, -0.1) is 0 Å². The van der Waals surface area contributed by atoms with Gasteiger partial charge in [0, 0.05) is 12.1 Å². The number of hydrogen-bond acceptors (Lipinski definition) is 2. The van der Waals surface area contributed by atoms with E-state index in [-0.39, 0.29) is 6.10 Å². The van der Waals surface area contributed by atoms with Crippen LogP contribution in [-0.4, -0.2) is 21.4 Å². The van der Waals surface area contributed by atoms with E-state index in [4.69, 9.17) is 0 Å². The lowest BCUT2D eigenvalue weighted by Gasteiger charge is -2.15. The minimum atomic E-state index is -0.159. The number of aryl methyl sites for hydroxylation is 1. The predicted molar refractivity (Wildman–Crippen MR) is 36.6 cm³/mol. The average Bonchev–Trinajstić information content (AvgIpc) is 2.33. The molecular formula is C7H10N2O. The molecule has 2 N–H and O–H groups in total. The molecule has 0 aliphatic heterocycles. The second kappa shape index (κ2) is 2.09. The van der Waals surface area contributed by atoms with Crippen LogP contribution in [0.4, 0.5) is 0 Å². The maximum atomic E-state index is 9.23. The van der Waals surface area contributed by atoms with Crippen molar-refractivity contribution >= 4 is 0 Å². The Morgan fingerprint density at radius 2 is 2.60 bits per heavy atom. The average molecular weight is 138 g/mol. The van der Waals surface area contributed by atoms with E-state index < -0.39 is 0 Å². The van der Waals surface area contributed by atoms with Crippen LogP contribution in [0.5, 0.6) is 0 Å². The van der Waals surface area contributed by atoms with Crippen molar-refractivity contribution in [3.8, 4) is 0 Å².